The molecule has 1 aromatic carbocycles. The first-order valence-corrected chi connectivity index (χ1v) is 6.23. The standard InChI is InChI=1S/C13H10BrF3N2/c1-6-3-8(4-7(2)11(6)14)18-13-10(16)5-9(15)12(17)19-13/h3-5H,1-2H3,(H,18,19). The molecule has 0 spiro atoms. The lowest BCUT2D eigenvalue weighted by molar-refractivity contribution is 0.467. The summed E-state index contributed by atoms with van der Waals surface area (Å²) in [5, 5.41) is 2.64. The molecule has 0 aliphatic rings. The van der Waals surface area contributed by atoms with Gasteiger partial charge < -0.3 is 5.32 Å². The fourth-order valence-electron chi connectivity index (χ4n) is 1.69. The Bertz CT molecular complexity index is 621. The summed E-state index contributed by atoms with van der Waals surface area (Å²) in [5.74, 6) is -3.95. The molecule has 0 saturated carbocycles. The number of halogens is 4. The Morgan fingerprint density at radius 3 is 2.16 bits per heavy atom. The van der Waals surface area contributed by atoms with Crippen LogP contribution in [0.3, 0.4) is 0 Å². The summed E-state index contributed by atoms with van der Waals surface area (Å²) in [6.45, 7) is 3.74. The molecule has 2 rings (SSSR count). The van der Waals surface area contributed by atoms with E-state index in [2.05, 4.69) is 26.2 Å². The Hall–Kier alpha value is -1.56. The maximum Gasteiger partial charge on any atom is 0.251 e. The van der Waals surface area contributed by atoms with Crippen molar-refractivity contribution in [2.45, 2.75) is 13.8 Å². The number of benzene rings is 1. The van der Waals surface area contributed by atoms with Crippen molar-refractivity contribution in [1.82, 2.24) is 4.98 Å². The van der Waals surface area contributed by atoms with E-state index in [9.17, 15) is 13.2 Å². The Labute approximate surface area is 116 Å². The number of hydrogen-bond acceptors (Lipinski definition) is 2. The van der Waals surface area contributed by atoms with Gasteiger partial charge in [-0.15, -0.1) is 0 Å². The largest absolute Gasteiger partial charge is 0.338 e. The molecule has 0 atom stereocenters. The van der Waals surface area contributed by atoms with E-state index < -0.39 is 17.6 Å². The fraction of sp³-hybridized carbons (Fsp3) is 0.154. The molecule has 0 aliphatic heterocycles. The zero-order valence-corrected chi connectivity index (χ0v) is 11.8. The number of nitrogens with zero attached hydrogens (tertiary/aromatic N) is 1. The second-order valence-corrected chi connectivity index (χ2v) is 4.93. The molecule has 19 heavy (non-hydrogen) atoms. The number of aromatic nitrogens is 1. The smallest absolute Gasteiger partial charge is 0.251 e. The van der Waals surface area contributed by atoms with Crippen molar-refractivity contribution in [3.05, 3.63) is 51.4 Å². The highest BCUT2D eigenvalue weighted by atomic mass is 79.9. The highest BCUT2D eigenvalue weighted by Crippen LogP contribution is 2.27. The number of nitrogens with one attached hydrogen (secondary N) is 1. The van der Waals surface area contributed by atoms with Crippen LogP contribution in [0.25, 0.3) is 0 Å². The minimum atomic E-state index is -1.34. The van der Waals surface area contributed by atoms with E-state index >= 15 is 0 Å². The monoisotopic (exact) mass is 330 g/mol. The van der Waals surface area contributed by atoms with Gasteiger partial charge in [-0.3, -0.25) is 0 Å². The van der Waals surface area contributed by atoms with Crippen LogP contribution in [0.4, 0.5) is 24.7 Å². The van der Waals surface area contributed by atoms with Crippen molar-refractivity contribution >= 4 is 27.4 Å². The lowest BCUT2D eigenvalue weighted by Gasteiger charge is -2.10. The first kappa shape index (κ1) is 13.9. The maximum absolute atomic E-state index is 13.5. The van der Waals surface area contributed by atoms with Crippen molar-refractivity contribution < 1.29 is 13.2 Å². The molecule has 2 aromatic rings. The Kier molecular flexibility index (Phi) is 3.80. The van der Waals surface area contributed by atoms with Crippen molar-refractivity contribution in [2.75, 3.05) is 5.32 Å². The van der Waals surface area contributed by atoms with Gasteiger partial charge in [0.2, 0.25) is 0 Å². The van der Waals surface area contributed by atoms with Gasteiger partial charge in [0.15, 0.2) is 17.5 Å². The lowest BCUT2D eigenvalue weighted by Crippen LogP contribution is -2.02. The van der Waals surface area contributed by atoms with Crippen LogP contribution in [0.2, 0.25) is 0 Å². The summed E-state index contributed by atoms with van der Waals surface area (Å²) in [6.07, 6.45) is 0. The Balaban J connectivity index is 2.39. The van der Waals surface area contributed by atoms with Gasteiger partial charge >= 0.3 is 0 Å². The lowest BCUT2D eigenvalue weighted by atomic mass is 10.1. The van der Waals surface area contributed by atoms with Crippen LogP contribution in [-0.2, 0) is 0 Å². The van der Waals surface area contributed by atoms with Crippen molar-refractivity contribution in [3.8, 4) is 0 Å². The minimum Gasteiger partial charge on any atom is -0.338 e. The van der Waals surface area contributed by atoms with Crippen LogP contribution >= 0.6 is 15.9 Å². The van der Waals surface area contributed by atoms with Crippen LogP contribution in [0.1, 0.15) is 11.1 Å². The minimum absolute atomic E-state index is 0.347. The van der Waals surface area contributed by atoms with Gasteiger partial charge in [-0.2, -0.15) is 9.37 Å². The van der Waals surface area contributed by atoms with E-state index in [0.717, 1.165) is 15.6 Å². The van der Waals surface area contributed by atoms with Crippen LogP contribution in [0.5, 0.6) is 0 Å². The SMILES string of the molecule is Cc1cc(Nc2nc(F)c(F)cc2F)cc(C)c1Br. The number of rotatable bonds is 2. The van der Waals surface area contributed by atoms with Gasteiger partial charge in [-0.25, -0.2) is 8.78 Å². The molecule has 2 nitrogen and oxygen atoms in total. The molecule has 100 valence electrons. The molecular weight excluding hydrogens is 321 g/mol. The fourth-order valence-corrected chi connectivity index (χ4v) is 1.92. The van der Waals surface area contributed by atoms with Gasteiger partial charge in [0.05, 0.1) is 0 Å². The second-order valence-electron chi connectivity index (χ2n) is 4.14. The Morgan fingerprint density at radius 2 is 1.58 bits per heavy atom. The van der Waals surface area contributed by atoms with Crippen LogP contribution in [-0.4, -0.2) is 4.98 Å². The summed E-state index contributed by atoms with van der Waals surface area (Å²) in [7, 11) is 0. The number of aryl methyl sites for hydroxylation is 2. The second kappa shape index (κ2) is 5.21. The maximum atomic E-state index is 13.5. The molecule has 0 fully saturated rings. The zero-order valence-electron chi connectivity index (χ0n) is 10.2. The molecular formula is C13H10BrF3N2. The first-order valence-electron chi connectivity index (χ1n) is 5.44. The average Bonchev–Trinajstić information content (AvgIpc) is 2.33. The van der Waals surface area contributed by atoms with Gasteiger partial charge in [-0.1, -0.05) is 15.9 Å². The van der Waals surface area contributed by atoms with E-state index in [4.69, 9.17) is 0 Å². The molecule has 0 amide bonds. The average molecular weight is 331 g/mol. The van der Waals surface area contributed by atoms with Crippen molar-refractivity contribution in [2.24, 2.45) is 0 Å². The summed E-state index contributed by atoms with van der Waals surface area (Å²) in [5.41, 5.74) is 2.42. The molecule has 0 radical (unpaired) electrons. The van der Waals surface area contributed by atoms with Crippen LogP contribution in [0.15, 0.2) is 22.7 Å². The number of anilines is 2. The number of hydrogen-bond donors (Lipinski definition) is 1. The third-order valence-electron chi connectivity index (χ3n) is 2.59. The third-order valence-corrected chi connectivity index (χ3v) is 3.84. The summed E-state index contributed by atoms with van der Waals surface area (Å²) >= 11 is 3.41. The van der Waals surface area contributed by atoms with E-state index in [-0.39, 0.29) is 5.82 Å². The molecule has 0 bridgehead atoms. The molecule has 0 aliphatic carbocycles. The number of pyridine rings is 1. The van der Waals surface area contributed by atoms with Crippen LogP contribution in [0, 0.1) is 31.4 Å². The summed E-state index contributed by atoms with van der Waals surface area (Å²) < 4.78 is 40.1. The quantitative estimate of drug-likeness (QED) is 0.812. The first-order chi connectivity index (χ1) is 8.88. The predicted molar refractivity (Wildman–Crippen MR) is 71.0 cm³/mol. The molecule has 1 aromatic heterocycles. The highest BCUT2D eigenvalue weighted by Gasteiger charge is 2.12. The van der Waals surface area contributed by atoms with Gasteiger partial charge in [0, 0.05) is 16.2 Å². The van der Waals surface area contributed by atoms with Gasteiger partial charge in [0.25, 0.3) is 5.95 Å². The third kappa shape index (κ3) is 2.89. The van der Waals surface area contributed by atoms with Gasteiger partial charge in [0.1, 0.15) is 0 Å². The molecule has 0 unspecified atom stereocenters. The summed E-state index contributed by atoms with van der Waals surface area (Å²) in [4.78, 5) is 3.21. The molecule has 1 heterocycles. The van der Waals surface area contributed by atoms with Crippen molar-refractivity contribution in [3.63, 3.8) is 0 Å². The van der Waals surface area contributed by atoms with Crippen molar-refractivity contribution in [1.29, 1.82) is 0 Å². The molecule has 6 heteroatoms. The predicted octanol–water partition coefficient (Wildman–Crippen LogP) is 4.62. The Morgan fingerprint density at radius 1 is 1.00 bits per heavy atom. The normalized spacial score (nSPS) is 10.6. The summed E-state index contributed by atoms with van der Waals surface area (Å²) in [6, 6.07) is 3.96. The zero-order chi connectivity index (χ0) is 14.2. The molecule has 1 N–H and O–H groups in total. The van der Waals surface area contributed by atoms with Gasteiger partial charge in [-0.05, 0) is 37.1 Å². The van der Waals surface area contributed by atoms with E-state index in [1.807, 2.05) is 13.8 Å². The van der Waals surface area contributed by atoms with E-state index in [1.54, 1.807) is 12.1 Å². The molecule has 0 saturated heterocycles. The van der Waals surface area contributed by atoms with E-state index in [1.165, 1.54) is 0 Å². The highest BCUT2D eigenvalue weighted by molar-refractivity contribution is 9.10. The van der Waals surface area contributed by atoms with Crippen LogP contribution < -0.4 is 5.32 Å². The topological polar surface area (TPSA) is 24.9 Å². The van der Waals surface area contributed by atoms with E-state index in [0.29, 0.717) is 11.8 Å².